The van der Waals surface area contributed by atoms with Crippen molar-refractivity contribution in [2.75, 3.05) is 0 Å². The van der Waals surface area contributed by atoms with Crippen LogP contribution in [0.25, 0.3) is 28.2 Å². The molecule has 5 nitrogen and oxygen atoms in total. The Balaban J connectivity index is 1.59. The molecule has 28 heavy (non-hydrogen) atoms. The van der Waals surface area contributed by atoms with Gasteiger partial charge in [0.15, 0.2) is 0 Å². The SMILES string of the molecule is NC(=O)/C=C/c1c[nH]c2ncc(-c3ccc(Oc4ccc(F)cc4)cc3)cc12. The van der Waals surface area contributed by atoms with Crippen LogP contribution in [0.1, 0.15) is 5.56 Å². The van der Waals surface area contributed by atoms with Gasteiger partial charge in [-0.25, -0.2) is 9.37 Å². The molecule has 0 aliphatic heterocycles. The molecule has 0 aliphatic carbocycles. The number of pyridine rings is 1. The van der Waals surface area contributed by atoms with E-state index in [1.165, 1.54) is 18.2 Å². The van der Waals surface area contributed by atoms with Crippen molar-refractivity contribution in [1.29, 1.82) is 0 Å². The van der Waals surface area contributed by atoms with E-state index in [1.54, 1.807) is 30.6 Å². The van der Waals surface area contributed by atoms with E-state index in [1.807, 2.05) is 30.3 Å². The normalized spacial score (nSPS) is 11.2. The minimum atomic E-state index is -0.504. The van der Waals surface area contributed by atoms with Crippen LogP contribution in [0.4, 0.5) is 4.39 Å². The number of nitrogens with zero attached hydrogens (tertiary/aromatic N) is 1. The highest BCUT2D eigenvalue weighted by Crippen LogP contribution is 2.28. The van der Waals surface area contributed by atoms with Crippen LogP contribution in [0.15, 0.2) is 73.1 Å². The summed E-state index contributed by atoms with van der Waals surface area (Å²) in [6.07, 6.45) is 6.53. The molecule has 2 aromatic heterocycles. The highest BCUT2D eigenvalue weighted by molar-refractivity contribution is 5.95. The maximum Gasteiger partial charge on any atom is 0.241 e. The first-order chi connectivity index (χ1) is 13.6. The van der Waals surface area contributed by atoms with Crippen LogP contribution in [0, 0.1) is 5.82 Å². The summed E-state index contributed by atoms with van der Waals surface area (Å²) in [6, 6.07) is 15.4. The van der Waals surface area contributed by atoms with Gasteiger partial charge in [0.25, 0.3) is 0 Å². The molecular formula is C22H16FN3O2. The maximum atomic E-state index is 13.0. The van der Waals surface area contributed by atoms with Crippen LogP contribution in [0.2, 0.25) is 0 Å². The van der Waals surface area contributed by atoms with Crippen molar-refractivity contribution in [1.82, 2.24) is 9.97 Å². The molecule has 0 saturated carbocycles. The number of primary amides is 1. The summed E-state index contributed by atoms with van der Waals surface area (Å²) in [5, 5.41) is 0.890. The lowest BCUT2D eigenvalue weighted by Gasteiger charge is -2.07. The van der Waals surface area contributed by atoms with Gasteiger partial charge in [-0.3, -0.25) is 4.79 Å². The average Bonchev–Trinajstić information content (AvgIpc) is 3.11. The summed E-state index contributed by atoms with van der Waals surface area (Å²) < 4.78 is 18.7. The minimum absolute atomic E-state index is 0.305. The first-order valence-corrected chi connectivity index (χ1v) is 8.57. The largest absolute Gasteiger partial charge is 0.457 e. The number of hydrogen-bond acceptors (Lipinski definition) is 3. The molecule has 0 atom stereocenters. The molecule has 0 radical (unpaired) electrons. The third kappa shape index (κ3) is 3.76. The van der Waals surface area contributed by atoms with Crippen molar-refractivity contribution in [3.05, 3.63) is 84.4 Å². The molecule has 2 heterocycles. The van der Waals surface area contributed by atoms with Gasteiger partial charge in [-0.15, -0.1) is 0 Å². The molecule has 4 aromatic rings. The Hall–Kier alpha value is -3.93. The van der Waals surface area contributed by atoms with Crippen LogP contribution in [0.3, 0.4) is 0 Å². The van der Waals surface area contributed by atoms with Gasteiger partial charge in [0.05, 0.1) is 0 Å². The van der Waals surface area contributed by atoms with Crippen molar-refractivity contribution in [3.63, 3.8) is 0 Å². The van der Waals surface area contributed by atoms with Gasteiger partial charge in [-0.05, 0) is 54.1 Å². The van der Waals surface area contributed by atoms with Gasteiger partial charge in [-0.1, -0.05) is 12.1 Å². The Morgan fingerprint density at radius 1 is 1.04 bits per heavy atom. The van der Waals surface area contributed by atoms with Gasteiger partial charge < -0.3 is 15.5 Å². The van der Waals surface area contributed by atoms with Gasteiger partial charge in [0, 0.05) is 35.0 Å². The van der Waals surface area contributed by atoms with Gasteiger partial charge >= 0.3 is 0 Å². The van der Waals surface area contributed by atoms with Crippen LogP contribution < -0.4 is 10.5 Å². The predicted octanol–water partition coefficient (Wildman–Crippen LogP) is 4.66. The number of nitrogens with one attached hydrogen (secondary N) is 1. The molecule has 3 N–H and O–H groups in total. The van der Waals surface area contributed by atoms with Crippen molar-refractivity contribution < 1.29 is 13.9 Å². The van der Waals surface area contributed by atoms with E-state index < -0.39 is 5.91 Å². The second-order valence-corrected chi connectivity index (χ2v) is 6.18. The first-order valence-electron chi connectivity index (χ1n) is 8.57. The smallest absolute Gasteiger partial charge is 0.241 e. The summed E-state index contributed by atoms with van der Waals surface area (Å²) in [5.74, 6) is 0.405. The Bertz CT molecular complexity index is 1160. The van der Waals surface area contributed by atoms with Crippen LogP contribution in [0.5, 0.6) is 11.5 Å². The maximum absolute atomic E-state index is 13.0. The van der Waals surface area contributed by atoms with E-state index in [0.717, 1.165) is 27.7 Å². The van der Waals surface area contributed by atoms with E-state index in [-0.39, 0.29) is 5.82 Å². The number of H-pyrrole nitrogens is 1. The lowest BCUT2D eigenvalue weighted by atomic mass is 10.1. The van der Waals surface area contributed by atoms with Crippen molar-refractivity contribution in [2.45, 2.75) is 0 Å². The summed E-state index contributed by atoms with van der Waals surface area (Å²) in [7, 11) is 0. The average molecular weight is 373 g/mol. The quantitative estimate of drug-likeness (QED) is 0.499. The van der Waals surface area contributed by atoms with E-state index in [4.69, 9.17) is 10.5 Å². The molecule has 6 heteroatoms. The Kier molecular flexibility index (Phi) is 4.60. The molecule has 4 rings (SSSR count). The van der Waals surface area contributed by atoms with Crippen LogP contribution in [-0.2, 0) is 4.79 Å². The number of halogens is 1. The zero-order chi connectivity index (χ0) is 19.5. The van der Waals surface area contributed by atoms with Crippen molar-refractivity contribution >= 4 is 23.0 Å². The molecular weight excluding hydrogens is 357 g/mol. The second kappa shape index (κ2) is 7.36. The molecule has 0 fully saturated rings. The van der Waals surface area contributed by atoms with Crippen molar-refractivity contribution in [2.24, 2.45) is 5.73 Å². The Labute approximate surface area is 160 Å². The number of aromatic amines is 1. The number of rotatable bonds is 5. The van der Waals surface area contributed by atoms with Crippen LogP contribution in [-0.4, -0.2) is 15.9 Å². The predicted molar refractivity (Wildman–Crippen MR) is 106 cm³/mol. The van der Waals surface area contributed by atoms with Gasteiger partial charge in [-0.2, -0.15) is 0 Å². The number of fused-ring (bicyclic) bond motifs is 1. The number of benzene rings is 2. The van der Waals surface area contributed by atoms with E-state index in [2.05, 4.69) is 9.97 Å². The molecule has 0 unspecified atom stereocenters. The number of ether oxygens (including phenoxy) is 1. The van der Waals surface area contributed by atoms with Gasteiger partial charge in [0.2, 0.25) is 5.91 Å². The molecule has 0 bridgehead atoms. The number of hydrogen-bond donors (Lipinski definition) is 2. The lowest BCUT2D eigenvalue weighted by Crippen LogP contribution is -2.04. The van der Waals surface area contributed by atoms with Crippen molar-refractivity contribution in [3.8, 4) is 22.6 Å². The number of carbonyl (C=O) groups is 1. The number of amides is 1. The fraction of sp³-hybridized carbons (Fsp3) is 0. The lowest BCUT2D eigenvalue weighted by molar-refractivity contribution is -0.113. The topological polar surface area (TPSA) is 81.0 Å². The molecule has 2 aromatic carbocycles. The number of aromatic nitrogens is 2. The molecule has 0 saturated heterocycles. The summed E-state index contributed by atoms with van der Waals surface area (Å²) in [4.78, 5) is 18.5. The molecule has 1 amide bonds. The summed E-state index contributed by atoms with van der Waals surface area (Å²) >= 11 is 0. The highest BCUT2D eigenvalue weighted by atomic mass is 19.1. The third-order valence-corrected chi connectivity index (χ3v) is 4.23. The zero-order valence-corrected chi connectivity index (χ0v) is 14.7. The minimum Gasteiger partial charge on any atom is -0.457 e. The fourth-order valence-corrected chi connectivity index (χ4v) is 2.85. The van der Waals surface area contributed by atoms with Crippen LogP contribution >= 0.6 is 0 Å². The van der Waals surface area contributed by atoms with E-state index in [9.17, 15) is 9.18 Å². The Morgan fingerprint density at radius 3 is 2.39 bits per heavy atom. The molecule has 138 valence electrons. The summed E-state index contributed by atoms with van der Waals surface area (Å²) in [5.41, 5.74) is 8.62. The third-order valence-electron chi connectivity index (χ3n) is 4.23. The molecule has 0 spiro atoms. The second-order valence-electron chi connectivity index (χ2n) is 6.18. The highest BCUT2D eigenvalue weighted by Gasteiger charge is 2.06. The molecule has 0 aliphatic rings. The van der Waals surface area contributed by atoms with E-state index in [0.29, 0.717) is 11.5 Å². The van der Waals surface area contributed by atoms with E-state index >= 15 is 0 Å². The number of nitrogens with two attached hydrogens (primary N) is 1. The van der Waals surface area contributed by atoms with Gasteiger partial charge in [0.1, 0.15) is 23.0 Å². The monoisotopic (exact) mass is 373 g/mol. The Morgan fingerprint density at radius 2 is 1.71 bits per heavy atom. The number of carbonyl (C=O) groups excluding carboxylic acids is 1. The summed E-state index contributed by atoms with van der Waals surface area (Å²) in [6.45, 7) is 0. The standard InChI is InChI=1S/C22H16FN3O2/c23-17-4-8-19(9-5-17)28-18-6-1-14(2-7-18)16-11-20-15(3-10-21(24)27)12-25-22(20)26-13-16/h1-13H,(H2,24,27)(H,25,26)/b10-3+. The zero-order valence-electron chi connectivity index (χ0n) is 14.7. The first kappa shape index (κ1) is 17.5. The fourth-order valence-electron chi connectivity index (χ4n) is 2.85.